The predicted molar refractivity (Wildman–Crippen MR) is 83.5 cm³/mol. The first-order chi connectivity index (χ1) is 8.06. The highest BCUT2D eigenvalue weighted by Crippen LogP contribution is 2.39. The molecule has 0 amide bonds. The van der Waals surface area contributed by atoms with Gasteiger partial charge in [0.1, 0.15) is 0 Å². The third-order valence-electron chi connectivity index (χ3n) is 2.32. The molecule has 0 saturated carbocycles. The van der Waals surface area contributed by atoms with Gasteiger partial charge in [-0.15, -0.1) is 22.9 Å². The van der Waals surface area contributed by atoms with E-state index in [0.717, 1.165) is 30.1 Å². The molecule has 2 rings (SSSR count). The van der Waals surface area contributed by atoms with Gasteiger partial charge in [-0.05, 0) is 67.6 Å². The van der Waals surface area contributed by atoms with Crippen LogP contribution in [0.2, 0.25) is 5.02 Å². The van der Waals surface area contributed by atoms with Crippen molar-refractivity contribution in [1.82, 2.24) is 0 Å². The molecule has 0 bridgehead atoms. The van der Waals surface area contributed by atoms with Crippen LogP contribution in [-0.2, 0) is 6.42 Å². The fourth-order valence-corrected chi connectivity index (χ4v) is 5.28. The molecular formula is C12H8Br2Cl2S. The van der Waals surface area contributed by atoms with Crippen molar-refractivity contribution in [3.05, 3.63) is 54.1 Å². The molecule has 0 N–H and O–H groups in total. The van der Waals surface area contributed by atoms with E-state index in [2.05, 4.69) is 37.9 Å². The summed E-state index contributed by atoms with van der Waals surface area (Å²) < 4.78 is 2.16. The van der Waals surface area contributed by atoms with Gasteiger partial charge in [-0.2, -0.15) is 0 Å². The zero-order valence-electron chi connectivity index (χ0n) is 8.59. The second-order valence-corrected chi connectivity index (χ2v) is 8.29. The fourth-order valence-electron chi connectivity index (χ4n) is 1.55. The second-order valence-electron chi connectivity index (χ2n) is 3.58. The molecular weight excluding hydrogens is 407 g/mol. The lowest BCUT2D eigenvalue weighted by molar-refractivity contribution is 0.921. The Morgan fingerprint density at radius 1 is 1.24 bits per heavy atom. The highest BCUT2D eigenvalue weighted by molar-refractivity contribution is 9.12. The summed E-state index contributed by atoms with van der Waals surface area (Å²) in [4.78, 5) is 0. The summed E-state index contributed by atoms with van der Waals surface area (Å²) >= 11 is 21.0. The number of hydrogen-bond donors (Lipinski definition) is 0. The van der Waals surface area contributed by atoms with Gasteiger partial charge < -0.3 is 0 Å². The average molecular weight is 415 g/mol. The minimum absolute atomic E-state index is 0.0506. The standard InChI is InChI=1S/C12H8Br2Cl2S/c13-11-6-9(12(14)17-11)10(16)5-7-2-1-3-8(15)4-7/h1-4,6,10H,5H2. The lowest BCUT2D eigenvalue weighted by Crippen LogP contribution is -1.94. The van der Waals surface area contributed by atoms with Crippen LogP contribution in [0.1, 0.15) is 16.5 Å². The van der Waals surface area contributed by atoms with Crippen molar-refractivity contribution in [2.24, 2.45) is 0 Å². The van der Waals surface area contributed by atoms with Crippen LogP contribution in [0.4, 0.5) is 0 Å². The third kappa shape index (κ3) is 3.71. The van der Waals surface area contributed by atoms with Crippen LogP contribution in [0.5, 0.6) is 0 Å². The highest BCUT2D eigenvalue weighted by atomic mass is 79.9. The number of halogens is 4. The molecule has 2 aromatic rings. The maximum atomic E-state index is 6.42. The van der Waals surface area contributed by atoms with Crippen LogP contribution in [0.3, 0.4) is 0 Å². The smallest absolute Gasteiger partial charge is 0.0757 e. The highest BCUT2D eigenvalue weighted by Gasteiger charge is 2.15. The van der Waals surface area contributed by atoms with E-state index < -0.39 is 0 Å². The Balaban J connectivity index is 2.16. The Hall–Kier alpha value is 0.460. The van der Waals surface area contributed by atoms with E-state index in [1.54, 1.807) is 11.3 Å². The molecule has 90 valence electrons. The lowest BCUT2D eigenvalue weighted by atomic mass is 10.1. The molecule has 5 heteroatoms. The first-order valence-corrected chi connectivity index (χ1v) is 8.11. The molecule has 1 atom stereocenters. The number of hydrogen-bond acceptors (Lipinski definition) is 1. The maximum Gasteiger partial charge on any atom is 0.0757 e. The topological polar surface area (TPSA) is 0 Å². The predicted octanol–water partition coefficient (Wildman–Crippen LogP) is 6.45. The number of benzene rings is 1. The van der Waals surface area contributed by atoms with E-state index in [0.29, 0.717) is 0 Å². The fraction of sp³-hybridized carbons (Fsp3) is 0.167. The normalized spacial score (nSPS) is 12.7. The molecule has 1 unspecified atom stereocenters. The van der Waals surface area contributed by atoms with Gasteiger partial charge in [0.15, 0.2) is 0 Å². The molecule has 1 heterocycles. The number of rotatable bonds is 3. The minimum Gasteiger partial charge on any atom is -0.121 e. The van der Waals surface area contributed by atoms with Crippen LogP contribution in [0.15, 0.2) is 37.9 Å². The Morgan fingerprint density at radius 2 is 2.00 bits per heavy atom. The molecule has 0 saturated heterocycles. The molecule has 0 spiro atoms. The maximum absolute atomic E-state index is 6.42. The van der Waals surface area contributed by atoms with Crippen molar-refractivity contribution < 1.29 is 0 Å². The third-order valence-corrected chi connectivity index (χ3v) is 5.33. The number of thiophene rings is 1. The summed E-state index contributed by atoms with van der Waals surface area (Å²) in [6.07, 6.45) is 0.768. The van der Waals surface area contributed by atoms with Gasteiger partial charge in [-0.25, -0.2) is 0 Å². The summed E-state index contributed by atoms with van der Waals surface area (Å²) in [5.74, 6) is 0. The summed E-state index contributed by atoms with van der Waals surface area (Å²) in [5, 5.41) is 0.697. The molecule has 0 radical (unpaired) electrons. The van der Waals surface area contributed by atoms with E-state index in [4.69, 9.17) is 23.2 Å². The Morgan fingerprint density at radius 3 is 2.59 bits per heavy atom. The van der Waals surface area contributed by atoms with E-state index in [9.17, 15) is 0 Å². The van der Waals surface area contributed by atoms with E-state index in [1.807, 2.05) is 24.3 Å². The SMILES string of the molecule is Clc1cccc(CC(Cl)c2cc(Br)sc2Br)c1. The van der Waals surface area contributed by atoms with Gasteiger partial charge in [0, 0.05) is 5.02 Å². The van der Waals surface area contributed by atoms with Crippen LogP contribution in [-0.4, -0.2) is 0 Å². The Bertz CT molecular complexity index is 525. The van der Waals surface area contributed by atoms with Crippen LogP contribution < -0.4 is 0 Å². The van der Waals surface area contributed by atoms with E-state index in [-0.39, 0.29) is 5.38 Å². The van der Waals surface area contributed by atoms with Crippen LogP contribution in [0.25, 0.3) is 0 Å². The van der Waals surface area contributed by atoms with Gasteiger partial charge >= 0.3 is 0 Å². The van der Waals surface area contributed by atoms with Crippen molar-refractivity contribution in [2.75, 3.05) is 0 Å². The first kappa shape index (κ1) is 13.9. The van der Waals surface area contributed by atoms with E-state index >= 15 is 0 Å². The molecule has 0 aliphatic heterocycles. The monoisotopic (exact) mass is 412 g/mol. The molecule has 1 aromatic carbocycles. The summed E-state index contributed by atoms with van der Waals surface area (Å²) in [7, 11) is 0. The molecule has 0 aliphatic carbocycles. The Kier molecular flexibility index (Phi) is 4.96. The van der Waals surface area contributed by atoms with E-state index in [1.165, 1.54) is 0 Å². The zero-order valence-corrected chi connectivity index (χ0v) is 14.1. The molecule has 17 heavy (non-hydrogen) atoms. The van der Waals surface area contributed by atoms with Gasteiger partial charge in [0.2, 0.25) is 0 Å². The molecule has 1 aromatic heterocycles. The van der Waals surface area contributed by atoms with Gasteiger partial charge in [0.25, 0.3) is 0 Å². The molecule has 0 aliphatic rings. The molecule has 0 nitrogen and oxygen atoms in total. The van der Waals surface area contributed by atoms with Gasteiger partial charge in [-0.3, -0.25) is 0 Å². The van der Waals surface area contributed by atoms with Gasteiger partial charge in [0.05, 0.1) is 12.9 Å². The minimum atomic E-state index is -0.0506. The average Bonchev–Trinajstić information content (AvgIpc) is 2.58. The summed E-state index contributed by atoms with van der Waals surface area (Å²) in [6.45, 7) is 0. The van der Waals surface area contributed by atoms with Crippen molar-refractivity contribution in [3.63, 3.8) is 0 Å². The van der Waals surface area contributed by atoms with Gasteiger partial charge in [-0.1, -0.05) is 23.7 Å². The Labute approximate surface area is 131 Å². The zero-order chi connectivity index (χ0) is 12.4. The summed E-state index contributed by atoms with van der Waals surface area (Å²) in [6, 6.07) is 9.85. The van der Waals surface area contributed by atoms with Crippen molar-refractivity contribution in [1.29, 1.82) is 0 Å². The summed E-state index contributed by atoms with van der Waals surface area (Å²) in [5.41, 5.74) is 2.26. The largest absolute Gasteiger partial charge is 0.121 e. The quantitative estimate of drug-likeness (QED) is 0.506. The second kappa shape index (κ2) is 6.07. The van der Waals surface area contributed by atoms with Crippen LogP contribution in [0, 0.1) is 0 Å². The number of alkyl halides is 1. The van der Waals surface area contributed by atoms with Crippen molar-refractivity contribution in [2.45, 2.75) is 11.8 Å². The van der Waals surface area contributed by atoms with Crippen molar-refractivity contribution in [3.8, 4) is 0 Å². The first-order valence-electron chi connectivity index (χ1n) is 4.89. The van der Waals surface area contributed by atoms with Crippen molar-refractivity contribution >= 4 is 66.4 Å². The lowest BCUT2D eigenvalue weighted by Gasteiger charge is -2.09. The molecule has 0 fully saturated rings. The van der Waals surface area contributed by atoms with Crippen LogP contribution >= 0.6 is 66.4 Å².